The number of hydrogen-bond acceptors (Lipinski definition) is 6. The molecule has 7 nitrogen and oxygen atoms in total. The summed E-state index contributed by atoms with van der Waals surface area (Å²) in [5.41, 5.74) is 8.75. The van der Waals surface area contributed by atoms with Crippen LogP contribution in [0.15, 0.2) is 42.5 Å². The Morgan fingerprint density at radius 2 is 1.72 bits per heavy atom. The molecule has 0 saturated carbocycles. The number of nitrogen functional groups attached to an aromatic ring is 1. The number of halogens is 1. The average molecular weight is 463 g/mol. The molecule has 0 fully saturated rings. The maximum atomic E-state index is 12.8. The Hall–Kier alpha value is -2.77. The van der Waals surface area contributed by atoms with Crippen LogP contribution in [-0.2, 0) is 16.1 Å². The molecule has 32 heavy (non-hydrogen) atoms. The van der Waals surface area contributed by atoms with Crippen LogP contribution in [0.1, 0.15) is 50.4 Å². The van der Waals surface area contributed by atoms with E-state index in [2.05, 4.69) is 24.1 Å². The molecule has 1 atom stereocenters. The lowest BCUT2D eigenvalue weighted by molar-refractivity contribution is -0.144. The van der Waals surface area contributed by atoms with Crippen LogP contribution in [0.2, 0.25) is 0 Å². The predicted molar refractivity (Wildman–Crippen MR) is 132 cm³/mol. The van der Waals surface area contributed by atoms with Gasteiger partial charge in [-0.3, -0.25) is 10.3 Å². The minimum absolute atomic E-state index is 0. The fourth-order valence-electron chi connectivity index (χ4n) is 3.32. The fraction of sp³-hybridized carbons (Fsp3) is 0.417. The number of carbonyl (C=O) groups excluding carboxylic acids is 1. The van der Waals surface area contributed by atoms with Gasteiger partial charge < -0.3 is 20.5 Å². The first-order valence-corrected chi connectivity index (χ1v) is 10.8. The summed E-state index contributed by atoms with van der Waals surface area (Å²) < 4.78 is 11.1. The fourth-order valence-corrected chi connectivity index (χ4v) is 3.32. The maximum Gasteiger partial charge on any atom is 0.333 e. The molecule has 0 bridgehead atoms. The number of esters is 1. The Morgan fingerprint density at radius 1 is 1.06 bits per heavy atom. The van der Waals surface area contributed by atoms with Gasteiger partial charge in [0.25, 0.3) is 0 Å². The maximum absolute atomic E-state index is 12.8. The molecule has 0 aliphatic heterocycles. The van der Waals surface area contributed by atoms with Crippen LogP contribution in [0, 0.1) is 5.41 Å². The van der Waals surface area contributed by atoms with Crippen LogP contribution in [0.5, 0.6) is 5.75 Å². The lowest BCUT2D eigenvalue weighted by atomic mass is 10.0. The zero-order chi connectivity index (χ0) is 22.8. The molecule has 0 aromatic heterocycles. The first kappa shape index (κ1) is 27.3. The van der Waals surface area contributed by atoms with Gasteiger partial charge >= 0.3 is 5.97 Å². The molecular weight excluding hydrogens is 428 g/mol. The minimum atomic E-state index is -0.695. The summed E-state index contributed by atoms with van der Waals surface area (Å²) in [5.74, 6) is 0.365. The van der Waals surface area contributed by atoms with Crippen LogP contribution in [0.3, 0.4) is 0 Å². The first-order chi connectivity index (χ1) is 14.9. The van der Waals surface area contributed by atoms with Crippen molar-refractivity contribution in [3.8, 4) is 5.75 Å². The smallest absolute Gasteiger partial charge is 0.333 e. The van der Waals surface area contributed by atoms with Crippen molar-refractivity contribution >= 4 is 29.9 Å². The van der Waals surface area contributed by atoms with E-state index in [0.717, 1.165) is 42.2 Å². The van der Waals surface area contributed by atoms with Crippen molar-refractivity contribution in [3.63, 3.8) is 0 Å². The second-order valence-corrected chi connectivity index (χ2v) is 7.13. The van der Waals surface area contributed by atoms with Crippen molar-refractivity contribution in [2.75, 3.05) is 31.6 Å². The SMILES string of the molecule is CCOC(=O)C(Nc1ccc(C(=N)N)cc1)c1cc(CN(CC)CC)cc(OCC)c1.Cl. The quantitative estimate of drug-likeness (QED) is 0.246. The van der Waals surface area contributed by atoms with Crippen LogP contribution in [0.25, 0.3) is 0 Å². The van der Waals surface area contributed by atoms with Crippen LogP contribution < -0.4 is 15.8 Å². The van der Waals surface area contributed by atoms with Gasteiger partial charge in [-0.2, -0.15) is 0 Å². The van der Waals surface area contributed by atoms with E-state index < -0.39 is 6.04 Å². The number of anilines is 1. The van der Waals surface area contributed by atoms with Crippen LogP contribution in [-0.4, -0.2) is 43.0 Å². The van der Waals surface area contributed by atoms with E-state index in [-0.39, 0.29) is 30.8 Å². The van der Waals surface area contributed by atoms with Gasteiger partial charge in [-0.1, -0.05) is 19.9 Å². The van der Waals surface area contributed by atoms with Gasteiger partial charge in [0.1, 0.15) is 11.6 Å². The number of nitrogens with one attached hydrogen (secondary N) is 2. The van der Waals surface area contributed by atoms with Gasteiger partial charge in [-0.15, -0.1) is 12.4 Å². The first-order valence-electron chi connectivity index (χ1n) is 10.8. The van der Waals surface area contributed by atoms with Gasteiger partial charge in [0.2, 0.25) is 0 Å². The average Bonchev–Trinajstić information content (AvgIpc) is 2.76. The molecule has 0 aliphatic rings. The highest BCUT2D eigenvalue weighted by molar-refractivity contribution is 5.95. The topological polar surface area (TPSA) is 101 Å². The van der Waals surface area contributed by atoms with Crippen molar-refractivity contribution in [1.29, 1.82) is 5.41 Å². The molecule has 2 aromatic rings. The molecular formula is C24H35ClN4O3. The lowest BCUT2D eigenvalue weighted by Crippen LogP contribution is -2.25. The summed E-state index contributed by atoms with van der Waals surface area (Å²) in [5, 5.41) is 10.8. The number of rotatable bonds is 12. The largest absolute Gasteiger partial charge is 0.494 e. The molecule has 0 saturated heterocycles. The summed E-state index contributed by atoms with van der Waals surface area (Å²) in [6.45, 7) is 11.5. The molecule has 176 valence electrons. The molecule has 0 amide bonds. The lowest BCUT2D eigenvalue weighted by Gasteiger charge is -2.23. The third kappa shape index (κ3) is 7.73. The molecule has 0 radical (unpaired) electrons. The number of amidine groups is 1. The Labute approximate surface area is 197 Å². The van der Waals surface area contributed by atoms with Crippen molar-refractivity contribution in [1.82, 2.24) is 4.90 Å². The minimum Gasteiger partial charge on any atom is -0.494 e. The van der Waals surface area contributed by atoms with Crippen molar-refractivity contribution in [2.45, 2.75) is 40.3 Å². The Bertz CT molecular complexity index is 870. The van der Waals surface area contributed by atoms with Crippen molar-refractivity contribution in [3.05, 3.63) is 59.2 Å². The zero-order valence-electron chi connectivity index (χ0n) is 19.3. The Balaban J connectivity index is 0.00000512. The van der Waals surface area contributed by atoms with Gasteiger partial charge in [0.15, 0.2) is 6.04 Å². The van der Waals surface area contributed by atoms with E-state index in [4.69, 9.17) is 20.6 Å². The highest BCUT2D eigenvalue weighted by Crippen LogP contribution is 2.27. The third-order valence-corrected chi connectivity index (χ3v) is 4.96. The highest BCUT2D eigenvalue weighted by Gasteiger charge is 2.23. The molecule has 2 rings (SSSR count). The summed E-state index contributed by atoms with van der Waals surface area (Å²) in [6.07, 6.45) is 0. The second kappa shape index (κ2) is 13.6. The Kier molecular flexibility index (Phi) is 11.6. The van der Waals surface area contributed by atoms with E-state index in [0.29, 0.717) is 12.2 Å². The number of hydrogen-bond donors (Lipinski definition) is 3. The molecule has 4 N–H and O–H groups in total. The molecule has 0 heterocycles. The van der Waals surface area contributed by atoms with E-state index in [1.165, 1.54) is 0 Å². The van der Waals surface area contributed by atoms with Gasteiger partial charge in [0, 0.05) is 17.8 Å². The van der Waals surface area contributed by atoms with E-state index in [9.17, 15) is 4.79 Å². The monoisotopic (exact) mass is 462 g/mol. The number of benzene rings is 2. The van der Waals surface area contributed by atoms with E-state index in [1.54, 1.807) is 31.2 Å². The summed E-state index contributed by atoms with van der Waals surface area (Å²) in [4.78, 5) is 15.2. The summed E-state index contributed by atoms with van der Waals surface area (Å²) in [7, 11) is 0. The molecule has 2 aromatic carbocycles. The number of nitrogens with two attached hydrogens (primary N) is 1. The van der Waals surface area contributed by atoms with Crippen LogP contribution >= 0.6 is 12.4 Å². The molecule has 8 heteroatoms. The highest BCUT2D eigenvalue weighted by atomic mass is 35.5. The number of carbonyl (C=O) groups is 1. The molecule has 1 unspecified atom stereocenters. The standard InChI is InChI=1S/C24H34N4O3.ClH/c1-5-28(6-2)16-17-13-19(15-21(14-17)30-7-3)22(24(29)31-8-4)27-20-11-9-18(10-12-20)23(25)26;/h9-15,22,27H,5-8,16H2,1-4H3,(H3,25,26);1H. The zero-order valence-corrected chi connectivity index (χ0v) is 20.1. The number of nitrogens with zero attached hydrogens (tertiary/aromatic N) is 1. The summed E-state index contributed by atoms with van der Waals surface area (Å²) >= 11 is 0. The van der Waals surface area contributed by atoms with Gasteiger partial charge in [-0.25, -0.2) is 4.79 Å². The van der Waals surface area contributed by atoms with E-state index in [1.807, 2.05) is 25.1 Å². The number of ether oxygens (including phenoxy) is 2. The Morgan fingerprint density at radius 3 is 2.25 bits per heavy atom. The van der Waals surface area contributed by atoms with E-state index >= 15 is 0 Å². The van der Waals surface area contributed by atoms with Gasteiger partial charge in [-0.05, 0) is 74.5 Å². The van der Waals surface area contributed by atoms with Crippen LogP contribution in [0.4, 0.5) is 5.69 Å². The third-order valence-electron chi connectivity index (χ3n) is 4.96. The predicted octanol–water partition coefficient (Wildman–Crippen LogP) is 4.35. The van der Waals surface area contributed by atoms with Crippen molar-refractivity contribution < 1.29 is 14.3 Å². The normalized spacial score (nSPS) is 11.4. The van der Waals surface area contributed by atoms with Crippen molar-refractivity contribution in [2.24, 2.45) is 5.73 Å². The second-order valence-electron chi connectivity index (χ2n) is 7.13. The molecule has 0 spiro atoms. The molecule has 0 aliphatic carbocycles. The summed E-state index contributed by atoms with van der Waals surface area (Å²) in [6, 6.07) is 12.3. The van der Waals surface area contributed by atoms with Gasteiger partial charge in [0.05, 0.1) is 13.2 Å².